The van der Waals surface area contributed by atoms with Crippen LogP contribution in [-0.2, 0) is 9.53 Å². The molecule has 1 aliphatic heterocycles. The summed E-state index contributed by atoms with van der Waals surface area (Å²) in [6, 6.07) is 7.15. The summed E-state index contributed by atoms with van der Waals surface area (Å²) < 4.78 is 10.8. The molecule has 2 N–H and O–H groups in total. The van der Waals surface area contributed by atoms with Gasteiger partial charge in [0.15, 0.2) is 5.11 Å². The SMILES string of the molecule is COc1cccc([C@H]2NC(=S)NC(C)=C2C(=O)OC(C)(C)C)c1. The van der Waals surface area contributed by atoms with Gasteiger partial charge in [0.25, 0.3) is 0 Å². The van der Waals surface area contributed by atoms with Crippen LogP contribution in [0.3, 0.4) is 0 Å². The molecule has 0 fully saturated rings. The minimum absolute atomic E-state index is 0.370. The van der Waals surface area contributed by atoms with Crippen LogP contribution < -0.4 is 15.4 Å². The summed E-state index contributed by atoms with van der Waals surface area (Å²) in [6.07, 6.45) is 0. The molecule has 0 aliphatic carbocycles. The zero-order valence-electron chi connectivity index (χ0n) is 14.0. The highest BCUT2D eigenvalue weighted by molar-refractivity contribution is 7.80. The molecular weight excluding hydrogens is 312 g/mol. The van der Waals surface area contributed by atoms with E-state index in [1.165, 1.54) is 0 Å². The minimum Gasteiger partial charge on any atom is -0.497 e. The lowest BCUT2D eigenvalue weighted by molar-refractivity contribution is -0.150. The molecule has 1 heterocycles. The molecule has 0 unspecified atom stereocenters. The molecule has 5 nitrogen and oxygen atoms in total. The number of nitrogens with one attached hydrogen (secondary N) is 2. The average molecular weight is 334 g/mol. The number of methoxy groups -OCH3 is 1. The van der Waals surface area contributed by atoms with Crippen LogP contribution in [-0.4, -0.2) is 23.8 Å². The van der Waals surface area contributed by atoms with Gasteiger partial charge in [0.05, 0.1) is 18.7 Å². The number of thiocarbonyl (C=S) groups is 1. The molecular formula is C17H22N2O3S. The number of rotatable bonds is 3. The van der Waals surface area contributed by atoms with Gasteiger partial charge in [0.1, 0.15) is 11.4 Å². The number of carbonyl (C=O) groups excluding carboxylic acids is 1. The lowest BCUT2D eigenvalue weighted by Crippen LogP contribution is -2.45. The molecule has 0 saturated carbocycles. The van der Waals surface area contributed by atoms with E-state index in [-0.39, 0.29) is 12.0 Å². The number of hydrogen-bond donors (Lipinski definition) is 2. The van der Waals surface area contributed by atoms with E-state index in [1.807, 2.05) is 52.0 Å². The van der Waals surface area contributed by atoms with Crippen LogP contribution in [0.2, 0.25) is 0 Å². The van der Waals surface area contributed by atoms with Crippen molar-refractivity contribution in [3.63, 3.8) is 0 Å². The highest BCUT2D eigenvalue weighted by Gasteiger charge is 2.33. The molecule has 0 amide bonds. The van der Waals surface area contributed by atoms with Crippen LogP contribution in [0.4, 0.5) is 0 Å². The van der Waals surface area contributed by atoms with Crippen LogP contribution in [0.5, 0.6) is 5.75 Å². The molecule has 1 atom stereocenters. The van der Waals surface area contributed by atoms with E-state index in [1.54, 1.807) is 7.11 Å². The normalized spacial score (nSPS) is 18.1. The van der Waals surface area contributed by atoms with E-state index >= 15 is 0 Å². The Morgan fingerprint density at radius 1 is 1.30 bits per heavy atom. The second kappa shape index (κ2) is 6.58. The maximum atomic E-state index is 12.6. The van der Waals surface area contributed by atoms with Crippen molar-refractivity contribution in [1.29, 1.82) is 0 Å². The Labute approximate surface area is 142 Å². The van der Waals surface area contributed by atoms with E-state index < -0.39 is 5.60 Å². The summed E-state index contributed by atoms with van der Waals surface area (Å²) in [7, 11) is 1.61. The number of carbonyl (C=O) groups is 1. The Balaban J connectivity index is 2.43. The molecule has 0 saturated heterocycles. The topological polar surface area (TPSA) is 59.6 Å². The van der Waals surface area contributed by atoms with Crippen molar-refractivity contribution in [3.8, 4) is 5.75 Å². The maximum Gasteiger partial charge on any atom is 0.338 e. The Bertz CT molecular complexity index is 662. The monoisotopic (exact) mass is 334 g/mol. The third-order valence-corrected chi connectivity index (χ3v) is 3.53. The first kappa shape index (κ1) is 17.3. The van der Waals surface area contributed by atoms with Crippen LogP contribution in [0.15, 0.2) is 35.5 Å². The molecule has 23 heavy (non-hydrogen) atoms. The van der Waals surface area contributed by atoms with Gasteiger partial charge >= 0.3 is 5.97 Å². The lowest BCUT2D eigenvalue weighted by Gasteiger charge is -2.31. The van der Waals surface area contributed by atoms with Crippen LogP contribution in [0.25, 0.3) is 0 Å². The first-order valence-electron chi connectivity index (χ1n) is 7.37. The largest absolute Gasteiger partial charge is 0.497 e. The highest BCUT2D eigenvalue weighted by atomic mass is 32.1. The fourth-order valence-corrected chi connectivity index (χ4v) is 2.64. The van der Waals surface area contributed by atoms with Gasteiger partial charge in [-0.05, 0) is 57.6 Å². The van der Waals surface area contributed by atoms with Gasteiger partial charge in [0.2, 0.25) is 0 Å². The molecule has 124 valence electrons. The molecule has 1 aromatic carbocycles. The molecule has 2 rings (SSSR count). The van der Waals surface area contributed by atoms with Crippen LogP contribution in [0, 0.1) is 0 Å². The summed E-state index contributed by atoms with van der Waals surface area (Å²) in [4.78, 5) is 12.6. The van der Waals surface area contributed by atoms with Crippen molar-refractivity contribution < 1.29 is 14.3 Å². The summed E-state index contributed by atoms with van der Waals surface area (Å²) in [5, 5.41) is 6.60. The summed E-state index contributed by atoms with van der Waals surface area (Å²) in [5.74, 6) is 0.347. The second-order valence-corrected chi connectivity index (χ2v) is 6.76. The molecule has 6 heteroatoms. The smallest absolute Gasteiger partial charge is 0.338 e. The Morgan fingerprint density at radius 3 is 2.61 bits per heavy atom. The van der Waals surface area contributed by atoms with Crippen LogP contribution >= 0.6 is 12.2 Å². The quantitative estimate of drug-likeness (QED) is 0.655. The Morgan fingerprint density at radius 2 is 2.00 bits per heavy atom. The van der Waals surface area contributed by atoms with E-state index in [9.17, 15) is 4.79 Å². The zero-order chi connectivity index (χ0) is 17.2. The molecule has 0 radical (unpaired) electrons. The van der Waals surface area contributed by atoms with Crippen molar-refractivity contribution in [2.24, 2.45) is 0 Å². The van der Waals surface area contributed by atoms with Gasteiger partial charge in [-0.1, -0.05) is 12.1 Å². The number of benzene rings is 1. The Kier molecular flexibility index (Phi) is 4.94. The summed E-state index contributed by atoms with van der Waals surface area (Å²) in [5.41, 5.74) is 1.52. The second-order valence-electron chi connectivity index (χ2n) is 6.35. The van der Waals surface area contributed by atoms with E-state index in [4.69, 9.17) is 21.7 Å². The van der Waals surface area contributed by atoms with Crippen molar-refractivity contribution >= 4 is 23.3 Å². The number of esters is 1. The molecule has 0 spiro atoms. The minimum atomic E-state index is -0.568. The highest BCUT2D eigenvalue weighted by Crippen LogP contribution is 2.30. The number of ether oxygens (including phenoxy) is 2. The summed E-state index contributed by atoms with van der Waals surface area (Å²) in [6.45, 7) is 7.35. The lowest BCUT2D eigenvalue weighted by atomic mass is 9.95. The van der Waals surface area contributed by atoms with Crippen molar-refractivity contribution in [2.45, 2.75) is 39.3 Å². The number of allylic oxidation sites excluding steroid dienone is 1. The third-order valence-electron chi connectivity index (χ3n) is 3.32. The molecule has 1 aromatic rings. The Hall–Kier alpha value is -2.08. The number of hydrogen-bond acceptors (Lipinski definition) is 4. The van der Waals surface area contributed by atoms with Crippen molar-refractivity contribution in [1.82, 2.24) is 10.6 Å². The van der Waals surface area contributed by atoms with Crippen molar-refractivity contribution in [2.75, 3.05) is 7.11 Å². The van der Waals surface area contributed by atoms with Gasteiger partial charge in [-0.2, -0.15) is 0 Å². The zero-order valence-corrected chi connectivity index (χ0v) is 14.8. The van der Waals surface area contributed by atoms with Gasteiger partial charge in [0, 0.05) is 5.70 Å². The third kappa shape index (κ3) is 4.22. The molecule has 0 bridgehead atoms. The van der Waals surface area contributed by atoms with Gasteiger partial charge in [-0.15, -0.1) is 0 Å². The molecule has 0 aromatic heterocycles. The van der Waals surface area contributed by atoms with Gasteiger partial charge in [-0.3, -0.25) is 0 Å². The first-order valence-corrected chi connectivity index (χ1v) is 7.77. The predicted octanol–water partition coefficient (Wildman–Crippen LogP) is 2.83. The fourth-order valence-electron chi connectivity index (χ4n) is 2.37. The standard InChI is InChI=1S/C17H22N2O3S/c1-10-13(15(20)22-17(2,3)4)14(19-16(23)18-10)11-7-6-8-12(9-11)21-5/h6-9,14H,1-5H3,(H2,18,19,23)/t14-/m1/s1. The maximum absolute atomic E-state index is 12.6. The summed E-state index contributed by atoms with van der Waals surface area (Å²) >= 11 is 5.23. The van der Waals surface area contributed by atoms with Gasteiger partial charge < -0.3 is 20.1 Å². The first-order chi connectivity index (χ1) is 10.7. The molecule has 1 aliphatic rings. The van der Waals surface area contributed by atoms with Crippen molar-refractivity contribution in [3.05, 3.63) is 41.1 Å². The fraction of sp³-hybridized carbons (Fsp3) is 0.412. The van der Waals surface area contributed by atoms with Gasteiger partial charge in [-0.25, -0.2) is 4.79 Å². The predicted molar refractivity (Wildman–Crippen MR) is 93.1 cm³/mol. The van der Waals surface area contributed by atoms with E-state index in [0.29, 0.717) is 16.4 Å². The van der Waals surface area contributed by atoms with Crippen LogP contribution in [0.1, 0.15) is 39.3 Å². The van der Waals surface area contributed by atoms with E-state index in [0.717, 1.165) is 11.3 Å². The van der Waals surface area contributed by atoms with E-state index in [2.05, 4.69) is 10.6 Å². The average Bonchev–Trinajstić information content (AvgIpc) is 2.44.